The minimum absolute atomic E-state index is 0.0194. The molecular weight excluding hydrogens is 795 g/mol. The van der Waals surface area contributed by atoms with Gasteiger partial charge in [0.05, 0.1) is 42.5 Å². The van der Waals surface area contributed by atoms with Crippen LogP contribution in [0.5, 0.6) is 0 Å². The highest BCUT2D eigenvalue weighted by molar-refractivity contribution is 5.98. The Bertz CT molecular complexity index is 1910. The molecule has 4 saturated carbocycles. The van der Waals surface area contributed by atoms with Crippen LogP contribution in [0.4, 0.5) is 0 Å². The van der Waals surface area contributed by atoms with Crippen molar-refractivity contribution < 1.29 is 39.9 Å². The van der Waals surface area contributed by atoms with E-state index in [-0.39, 0.29) is 79.0 Å². The van der Waals surface area contributed by atoms with E-state index in [1.165, 1.54) is 6.42 Å². The number of hydrogen-bond acceptors (Lipinski definition) is 9. The van der Waals surface area contributed by atoms with Crippen LogP contribution in [0.15, 0.2) is 28.3 Å². The van der Waals surface area contributed by atoms with Gasteiger partial charge in [-0.25, -0.2) is 0 Å². The first-order chi connectivity index (χ1) is 29.8. The summed E-state index contributed by atoms with van der Waals surface area (Å²) in [5.41, 5.74) is 8.13. The fourth-order valence-electron chi connectivity index (χ4n) is 16.3. The fourth-order valence-corrected chi connectivity index (χ4v) is 16.3. The molecule has 11 heteroatoms. The number of carbonyl (C=O) groups is 2. The van der Waals surface area contributed by atoms with Crippen LogP contribution in [0.1, 0.15) is 150 Å². The van der Waals surface area contributed by atoms with E-state index in [1.807, 2.05) is 0 Å². The summed E-state index contributed by atoms with van der Waals surface area (Å²) < 4.78 is 5.59. The van der Waals surface area contributed by atoms with Gasteiger partial charge in [-0.2, -0.15) is 0 Å². The van der Waals surface area contributed by atoms with Crippen LogP contribution in [0.25, 0.3) is 0 Å². The zero-order chi connectivity index (χ0) is 45.3. The third-order valence-corrected chi connectivity index (χ3v) is 19.5. The number of fused-ring (bicyclic) bond motifs is 10. The predicted molar refractivity (Wildman–Crippen MR) is 242 cm³/mol. The Hall–Kier alpha value is -2.75. The van der Waals surface area contributed by atoms with Gasteiger partial charge in [-0.3, -0.25) is 14.6 Å². The van der Waals surface area contributed by atoms with E-state index < -0.39 is 51.7 Å². The zero-order valence-corrected chi connectivity index (χ0v) is 38.9. The lowest BCUT2D eigenvalue weighted by atomic mass is 9.39. The molecule has 0 bridgehead atoms. The Kier molecular flexibility index (Phi) is 13.0. The number of rotatable bonds is 8. The average Bonchev–Trinajstić information content (AvgIpc) is 3.77. The van der Waals surface area contributed by atoms with Crippen molar-refractivity contribution in [1.29, 1.82) is 0 Å². The third kappa shape index (κ3) is 7.75. The van der Waals surface area contributed by atoms with Crippen molar-refractivity contribution in [1.82, 2.24) is 0 Å². The van der Waals surface area contributed by atoms with Gasteiger partial charge in [0.1, 0.15) is 0 Å². The molecule has 0 amide bonds. The molecule has 1 aliphatic heterocycles. The molecule has 9 N–H and O–H groups in total. The zero-order valence-electron chi connectivity index (χ0n) is 38.9. The molecule has 0 aromatic rings. The van der Waals surface area contributed by atoms with Gasteiger partial charge in [-0.1, -0.05) is 64.5 Å². The Morgan fingerprint density at radius 3 is 2.43 bits per heavy atom. The quantitative estimate of drug-likeness (QED) is 0.0371. The summed E-state index contributed by atoms with van der Waals surface area (Å²) >= 11 is 0. The average molecular weight is 874 g/mol. The van der Waals surface area contributed by atoms with Crippen LogP contribution in [0.2, 0.25) is 0 Å². The predicted octanol–water partition coefficient (Wildman–Crippen LogP) is 6.12. The number of aliphatic hydroxyl groups excluding tert-OH is 3. The third-order valence-electron chi connectivity index (χ3n) is 19.5. The smallest absolute Gasteiger partial charge is 0.306 e. The van der Waals surface area contributed by atoms with E-state index in [0.29, 0.717) is 74.9 Å². The molecule has 63 heavy (non-hydrogen) atoms. The number of aliphatic imine (C=N–C) groups is 1. The van der Waals surface area contributed by atoms with E-state index >= 15 is 4.79 Å². The second-order valence-electron chi connectivity index (χ2n) is 22.9. The standard InChI is InChI=1S/C52H79N3O8/c1-6-7-8-17-51-28-42(57)41(56)27-48(51,4)39-16-18-50(19-20-55-47(53)54)46-34(26-52(50,62)40(39)25-44(51)59)11-9-10-33(35-24-45(60)63-29-35)23-38-36(31(3)22-43(58)49(46,5)61)15-14-32-13-12-30(2)21-37(32)38/h14,25,30-31,33-39,41-43,46,56-58,61-62H,6-8,11-13,15-24,26-29H2,1-5H3,(H4,53,54,55). The summed E-state index contributed by atoms with van der Waals surface area (Å²) in [5.74, 6) is 7.30. The molecule has 0 radical (unpaired) electrons. The maximum absolute atomic E-state index is 15.1. The fraction of sp³-hybridized carbons (Fsp3) is 0.827. The highest BCUT2D eigenvalue weighted by Crippen LogP contribution is 2.74. The van der Waals surface area contributed by atoms with Gasteiger partial charge < -0.3 is 41.7 Å². The number of nitrogens with two attached hydrogens (primary N) is 2. The van der Waals surface area contributed by atoms with E-state index in [1.54, 1.807) is 18.6 Å². The number of cyclic esters (lactones) is 1. The summed E-state index contributed by atoms with van der Waals surface area (Å²) in [5, 5.41) is 62.4. The van der Waals surface area contributed by atoms with Gasteiger partial charge in [-0.05, 0) is 149 Å². The van der Waals surface area contributed by atoms with E-state index in [0.717, 1.165) is 44.9 Å². The molecule has 8 rings (SSSR count). The molecule has 0 aromatic carbocycles. The lowest BCUT2D eigenvalue weighted by molar-refractivity contribution is -0.199. The van der Waals surface area contributed by atoms with Crippen LogP contribution < -0.4 is 11.5 Å². The van der Waals surface area contributed by atoms with Crippen LogP contribution >= 0.6 is 0 Å². The van der Waals surface area contributed by atoms with Gasteiger partial charge in [0.2, 0.25) is 0 Å². The normalized spacial score (nSPS) is 48.3. The summed E-state index contributed by atoms with van der Waals surface area (Å²) in [6, 6.07) is 0. The van der Waals surface area contributed by atoms with Gasteiger partial charge >= 0.3 is 5.97 Å². The van der Waals surface area contributed by atoms with Crippen molar-refractivity contribution in [3.8, 4) is 11.8 Å². The minimum Gasteiger partial charge on any atom is -0.465 e. The molecule has 7 aliphatic carbocycles. The maximum Gasteiger partial charge on any atom is 0.306 e. The molecule has 350 valence electrons. The molecule has 8 aliphatic rings. The van der Waals surface area contributed by atoms with Crippen LogP contribution in [-0.2, 0) is 14.3 Å². The molecular formula is C52H79N3O8. The van der Waals surface area contributed by atoms with Crippen molar-refractivity contribution in [3.63, 3.8) is 0 Å². The van der Waals surface area contributed by atoms with Gasteiger partial charge in [0, 0.05) is 41.5 Å². The number of aliphatic hydroxyl groups is 5. The molecule has 18 unspecified atom stereocenters. The highest BCUT2D eigenvalue weighted by atomic mass is 16.5. The van der Waals surface area contributed by atoms with Crippen molar-refractivity contribution in [2.45, 2.75) is 180 Å². The lowest BCUT2D eigenvalue weighted by Gasteiger charge is -2.65. The van der Waals surface area contributed by atoms with Gasteiger partial charge in [-0.15, -0.1) is 5.92 Å². The first-order valence-electron chi connectivity index (χ1n) is 25.0. The Morgan fingerprint density at radius 1 is 0.952 bits per heavy atom. The van der Waals surface area contributed by atoms with Crippen molar-refractivity contribution in [3.05, 3.63) is 23.3 Å². The summed E-state index contributed by atoms with van der Waals surface area (Å²) in [4.78, 5) is 32.2. The number of guanidine groups is 1. The Labute approximate surface area is 376 Å². The molecule has 18 atom stereocenters. The molecule has 11 nitrogen and oxygen atoms in total. The number of carbonyl (C=O) groups excluding carboxylic acids is 2. The summed E-state index contributed by atoms with van der Waals surface area (Å²) in [7, 11) is 0. The number of hydrogen-bond donors (Lipinski definition) is 7. The number of esters is 1. The van der Waals surface area contributed by atoms with Crippen molar-refractivity contribution in [2.75, 3.05) is 13.2 Å². The minimum atomic E-state index is -1.67. The maximum atomic E-state index is 15.1. The number of ketones is 1. The summed E-state index contributed by atoms with van der Waals surface area (Å²) in [6.07, 6.45) is 12.7. The van der Waals surface area contributed by atoms with E-state index in [9.17, 15) is 30.3 Å². The number of allylic oxidation sites excluding steroid dienone is 3. The van der Waals surface area contributed by atoms with Crippen molar-refractivity contribution >= 4 is 17.7 Å². The highest BCUT2D eigenvalue weighted by Gasteiger charge is 2.74. The summed E-state index contributed by atoms with van der Waals surface area (Å²) in [6.45, 7) is 11.1. The van der Waals surface area contributed by atoms with E-state index in [4.69, 9.17) is 16.2 Å². The number of unbranched alkanes of at least 4 members (excludes halogenated alkanes) is 2. The molecule has 0 aromatic heterocycles. The number of nitrogens with zero attached hydrogens (tertiary/aromatic N) is 1. The van der Waals surface area contributed by atoms with E-state index in [2.05, 4.69) is 50.6 Å². The van der Waals surface area contributed by atoms with Crippen LogP contribution in [0, 0.1) is 87.3 Å². The molecule has 1 saturated heterocycles. The lowest BCUT2D eigenvalue weighted by Crippen LogP contribution is -2.67. The largest absolute Gasteiger partial charge is 0.465 e. The van der Waals surface area contributed by atoms with Gasteiger partial charge in [0.25, 0.3) is 0 Å². The van der Waals surface area contributed by atoms with Gasteiger partial charge in [0.15, 0.2) is 11.7 Å². The first kappa shape index (κ1) is 46.8. The second-order valence-corrected chi connectivity index (χ2v) is 22.9. The topological polar surface area (TPSA) is 209 Å². The first-order valence-corrected chi connectivity index (χ1v) is 25.0. The second kappa shape index (κ2) is 17.5. The monoisotopic (exact) mass is 874 g/mol. The Balaban J connectivity index is 1.25. The number of ether oxygens (including phenoxy) is 1. The molecule has 1 heterocycles. The van der Waals surface area contributed by atoms with Crippen molar-refractivity contribution in [2.24, 2.45) is 91.9 Å². The molecule has 5 fully saturated rings. The molecule has 0 spiro atoms. The Morgan fingerprint density at radius 2 is 1.71 bits per heavy atom. The SMILES string of the molecule is CCCCCC12CC(O)C(O)CC1(C)C1CCC3(CCN=C(N)N)C4C(CC#CC(C5COC(=O)C5)CC5C6CC(C)CCC6=CCC5C(C)CC(O)C4(C)O)CC3(O)C1=CC2=O. The van der Waals surface area contributed by atoms with Crippen LogP contribution in [-0.4, -0.2) is 85.9 Å². The van der Waals surface area contributed by atoms with Crippen LogP contribution in [0.3, 0.4) is 0 Å².